The highest BCUT2D eigenvalue weighted by Crippen LogP contribution is 2.06. The average molecular weight is 354 g/mol. The highest BCUT2D eigenvalue weighted by Gasteiger charge is 2.11. The second-order valence-electron chi connectivity index (χ2n) is 5.18. The van der Waals surface area contributed by atoms with Crippen molar-refractivity contribution >= 4 is 36.4 Å². The van der Waals surface area contributed by atoms with Crippen molar-refractivity contribution in [2.75, 3.05) is 38.2 Å². The molecule has 1 saturated heterocycles. The van der Waals surface area contributed by atoms with Gasteiger partial charge in [0.1, 0.15) is 0 Å². The van der Waals surface area contributed by atoms with Gasteiger partial charge in [0.05, 0.1) is 31.6 Å². The van der Waals surface area contributed by atoms with Crippen LogP contribution >= 0.6 is 24.8 Å². The van der Waals surface area contributed by atoms with E-state index in [1.165, 1.54) is 0 Å². The number of ether oxygens (including phenoxy) is 1. The zero-order valence-electron chi connectivity index (χ0n) is 12.7. The van der Waals surface area contributed by atoms with Gasteiger partial charge in [-0.25, -0.2) is 0 Å². The Morgan fingerprint density at radius 1 is 1.41 bits per heavy atom. The summed E-state index contributed by atoms with van der Waals surface area (Å²) in [6, 6.07) is -0.133. The highest BCUT2D eigenvalue weighted by atomic mass is 35.5. The summed E-state index contributed by atoms with van der Waals surface area (Å²) >= 11 is 0. The van der Waals surface area contributed by atoms with Crippen molar-refractivity contribution in [2.24, 2.45) is 5.73 Å². The van der Waals surface area contributed by atoms with Crippen LogP contribution in [0.25, 0.3) is 0 Å². The SMILES string of the molecule is CC(N)CC(=O)Nc1cnn(CCN2CCOCC2)c1.Cl.Cl. The van der Waals surface area contributed by atoms with E-state index in [2.05, 4.69) is 15.3 Å². The zero-order valence-corrected chi connectivity index (χ0v) is 14.4. The molecule has 1 atom stereocenters. The molecule has 7 nitrogen and oxygen atoms in total. The third kappa shape index (κ3) is 7.42. The van der Waals surface area contributed by atoms with Gasteiger partial charge in [-0.3, -0.25) is 14.4 Å². The number of morpholine rings is 1. The number of aromatic nitrogens is 2. The van der Waals surface area contributed by atoms with Gasteiger partial charge in [-0.1, -0.05) is 0 Å². The van der Waals surface area contributed by atoms with E-state index in [-0.39, 0.29) is 36.8 Å². The monoisotopic (exact) mass is 353 g/mol. The first kappa shape index (κ1) is 21.1. The van der Waals surface area contributed by atoms with Crippen molar-refractivity contribution in [1.82, 2.24) is 14.7 Å². The minimum atomic E-state index is -0.133. The lowest BCUT2D eigenvalue weighted by Gasteiger charge is -2.26. The molecule has 9 heteroatoms. The normalized spacial score (nSPS) is 16.3. The van der Waals surface area contributed by atoms with Crippen LogP contribution in [0.4, 0.5) is 5.69 Å². The van der Waals surface area contributed by atoms with Crippen molar-refractivity contribution < 1.29 is 9.53 Å². The van der Waals surface area contributed by atoms with E-state index in [4.69, 9.17) is 10.5 Å². The summed E-state index contributed by atoms with van der Waals surface area (Å²) in [6.45, 7) is 7.11. The highest BCUT2D eigenvalue weighted by molar-refractivity contribution is 5.90. The molecular formula is C13H25Cl2N5O2. The fraction of sp³-hybridized carbons (Fsp3) is 0.692. The van der Waals surface area contributed by atoms with Gasteiger partial charge in [-0.05, 0) is 6.92 Å². The van der Waals surface area contributed by atoms with Crippen molar-refractivity contribution in [3.63, 3.8) is 0 Å². The number of anilines is 1. The molecule has 22 heavy (non-hydrogen) atoms. The first-order valence-corrected chi connectivity index (χ1v) is 7.01. The Morgan fingerprint density at radius 2 is 2.09 bits per heavy atom. The lowest BCUT2D eigenvalue weighted by Crippen LogP contribution is -2.38. The molecule has 0 aromatic carbocycles. The number of carbonyl (C=O) groups excluding carboxylic acids is 1. The molecule has 0 bridgehead atoms. The maximum absolute atomic E-state index is 11.6. The van der Waals surface area contributed by atoms with Crippen LogP contribution in [-0.4, -0.2) is 59.5 Å². The summed E-state index contributed by atoms with van der Waals surface area (Å²) in [6.07, 6.45) is 3.83. The van der Waals surface area contributed by atoms with Crippen molar-refractivity contribution in [3.8, 4) is 0 Å². The summed E-state index contributed by atoms with van der Waals surface area (Å²) < 4.78 is 7.15. The number of nitrogens with zero attached hydrogens (tertiary/aromatic N) is 3. The summed E-state index contributed by atoms with van der Waals surface area (Å²) in [4.78, 5) is 13.9. The molecule has 0 aliphatic carbocycles. The van der Waals surface area contributed by atoms with Gasteiger partial charge in [-0.2, -0.15) is 5.10 Å². The van der Waals surface area contributed by atoms with Crippen LogP contribution in [0.1, 0.15) is 13.3 Å². The second kappa shape index (κ2) is 10.8. The van der Waals surface area contributed by atoms with E-state index in [1.54, 1.807) is 6.20 Å². The zero-order chi connectivity index (χ0) is 14.4. The topological polar surface area (TPSA) is 85.4 Å². The number of carbonyl (C=O) groups is 1. The van der Waals surface area contributed by atoms with Crippen LogP contribution in [0.5, 0.6) is 0 Å². The molecule has 2 heterocycles. The molecule has 1 aliphatic heterocycles. The van der Waals surface area contributed by atoms with Gasteiger partial charge in [0.15, 0.2) is 0 Å². The predicted octanol–water partition coefficient (Wildman–Crippen LogP) is 0.735. The van der Waals surface area contributed by atoms with E-state index in [9.17, 15) is 4.79 Å². The van der Waals surface area contributed by atoms with E-state index in [0.717, 1.165) is 45.1 Å². The van der Waals surface area contributed by atoms with Gasteiger partial charge in [0.25, 0.3) is 0 Å². The Bertz CT molecular complexity index is 436. The predicted molar refractivity (Wildman–Crippen MR) is 90.9 cm³/mol. The molecule has 1 aliphatic rings. The summed E-state index contributed by atoms with van der Waals surface area (Å²) in [5.41, 5.74) is 6.31. The van der Waals surface area contributed by atoms with Crippen LogP contribution < -0.4 is 11.1 Å². The number of hydrogen-bond donors (Lipinski definition) is 2. The Labute approximate surface area is 143 Å². The number of amides is 1. The Balaban J connectivity index is 0.00000220. The lowest BCUT2D eigenvalue weighted by molar-refractivity contribution is -0.116. The largest absolute Gasteiger partial charge is 0.379 e. The fourth-order valence-corrected chi connectivity index (χ4v) is 2.12. The minimum absolute atomic E-state index is 0. The molecule has 1 amide bonds. The van der Waals surface area contributed by atoms with Gasteiger partial charge in [0, 0.05) is 38.3 Å². The number of hydrogen-bond acceptors (Lipinski definition) is 5. The molecule has 1 aromatic heterocycles. The number of nitrogens with two attached hydrogens (primary N) is 1. The molecule has 0 saturated carbocycles. The maximum Gasteiger partial charge on any atom is 0.226 e. The van der Waals surface area contributed by atoms with Crippen LogP contribution in [0, 0.1) is 0 Å². The van der Waals surface area contributed by atoms with Crippen LogP contribution in [0.15, 0.2) is 12.4 Å². The van der Waals surface area contributed by atoms with E-state index in [0.29, 0.717) is 6.42 Å². The summed E-state index contributed by atoms with van der Waals surface area (Å²) in [5, 5.41) is 7.04. The average Bonchev–Trinajstić information content (AvgIpc) is 2.84. The van der Waals surface area contributed by atoms with Crippen molar-refractivity contribution in [3.05, 3.63) is 12.4 Å². The van der Waals surface area contributed by atoms with Gasteiger partial charge in [0.2, 0.25) is 5.91 Å². The van der Waals surface area contributed by atoms with Gasteiger partial charge < -0.3 is 15.8 Å². The standard InChI is InChI=1S/C13H23N5O2.2ClH/c1-11(14)8-13(19)16-12-9-15-18(10-12)3-2-17-4-6-20-7-5-17;;/h9-11H,2-8,14H2,1H3,(H,16,19);2*1H. The fourth-order valence-electron chi connectivity index (χ4n) is 2.12. The summed E-state index contributed by atoms with van der Waals surface area (Å²) in [5.74, 6) is -0.0762. The Morgan fingerprint density at radius 3 is 2.73 bits per heavy atom. The minimum Gasteiger partial charge on any atom is -0.379 e. The quantitative estimate of drug-likeness (QED) is 0.787. The number of halogens is 2. The van der Waals surface area contributed by atoms with Gasteiger partial charge in [-0.15, -0.1) is 24.8 Å². The third-order valence-corrected chi connectivity index (χ3v) is 3.17. The summed E-state index contributed by atoms with van der Waals surface area (Å²) in [7, 11) is 0. The molecule has 1 fully saturated rings. The first-order valence-electron chi connectivity index (χ1n) is 7.01. The van der Waals surface area contributed by atoms with Gasteiger partial charge >= 0.3 is 0 Å². The van der Waals surface area contributed by atoms with E-state index < -0.39 is 0 Å². The molecule has 0 spiro atoms. The van der Waals surface area contributed by atoms with Crippen LogP contribution in [0.3, 0.4) is 0 Å². The van der Waals surface area contributed by atoms with E-state index in [1.807, 2.05) is 17.8 Å². The van der Waals surface area contributed by atoms with Crippen molar-refractivity contribution in [2.45, 2.75) is 25.9 Å². The van der Waals surface area contributed by atoms with Crippen molar-refractivity contribution in [1.29, 1.82) is 0 Å². The second-order valence-corrected chi connectivity index (χ2v) is 5.18. The Kier molecular flexibility index (Phi) is 10.4. The molecule has 1 unspecified atom stereocenters. The lowest BCUT2D eigenvalue weighted by atomic mass is 10.2. The molecule has 0 radical (unpaired) electrons. The molecule has 1 aromatic rings. The number of nitrogens with one attached hydrogen (secondary N) is 1. The molecule has 3 N–H and O–H groups in total. The third-order valence-electron chi connectivity index (χ3n) is 3.17. The smallest absolute Gasteiger partial charge is 0.226 e. The van der Waals surface area contributed by atoms with Crippen LogP contribution in [-0.2, 0) is 16.1 Å². The number of rotatable bonds is 6. The molecule has 128 valence electrons. The Hall–Kier alpha value is -0.860. The van der Waals surface area contributed by atoms with E-state index >= 15 is 0 Å². The molecule has 2 rings (SSSR count). The van der Waals surface area contributed by atoms with Crippen LogP contribution in [0.2, 0.25) is 0 Å². The first-order chi connectivity index (χ1) is 9.63. The molecular weight excluding hydrogens is 329 g/mol. The maximum atomic E-state index is 11.6.